The monoisotopic (exact) mass is 160 g/mol. The largest absolute Gasteiger partial charge is 0.0964 e. The summed E-state index contributed by atoms with van der Waals surface area (Å²) in [6.07, 6.45) is 1.59. The lowest BCUT2D eigenvalue weighted by atomic mass is 10.2. The van der Waals surface area contributed by atoms with E-state index in [0.29, 0.717) is 15.8 Å². The lowest BCUT2D eigenvalue weighted by Crippen LogP contribution is -2.01. The van der Waals surface area contributed by atoms with E-state index >= 15 is 0 Å². The van der Waals surface area contributed by atoms with Gasteiger partial charge in [0.15, 0.2) is 0 Å². The van der Waals surface area contributed by atoms with Crippen molar-refractivity contribution in [2.45, 2.75) is 23.9 Å². The van der Waals surface area contributed by atoms with Crippen LogP contribution in [0.2, 0.25) is 0 Å². The van der Waals surface area contributed by atoms with E-state index in [4.69, 9.17) is 0 Å². The fourth-order valence-corrected chi connectivity index (χ4v) is 11.8. The van der Waals surface area contributed by atoms with Crippen LogP contribution < -0.4 is 0 Å². The summed E-state index contributed by atoms with van der Waals surface area (Å²) in [5, 5.41) is 0.781. The zero-order valence-corrected chi connectivity index (χ0v) is 8.39. The van der Waals surface area contributed by atoms with Gasteiger partial charge >= 0.3 is 0 Å². The summed E-state index contributed by atoms with van der Waals surface area (Å²) in [6.45, 7) is 9.89. The zero-order chi connectivity index (χ0) is 6.86. The molecule has 1 spiro atoms. The molecule has 2 rings (SSSR count). The van der Waals surface area contributed by atoms with Crippen LogP contribution in [-0.2, 0) is 0 Å². The van der Waals surface area contributed by atoms with E-state index < -0.39 is 0 Å². The molecule has 2 saturated heterocycles. The van der Waals surface area contributed by atoms with E-state index in [1.165, 1.54) is 0 Å². The Hall–Kier alpha value is 0.860. The average Bonchev–Trinajstić information content (AvgIpc) is 2.48. The second kappa shape index (κ2) is 1.39. The third-order valence-corrected chi connectivity index (χ3v) is 11.9. The Bertz CT molecular complexity index is 164. The standard InChI is InChI=1S/C7H14P2/c1-6(2)7(9(6)4)5-8(7)3/h5H2,1-4H3. The van der Waals surface area contributed by atoms with Crippen LogP contribution in [0.15, 0.2) is 0 Å². The maximum atomic E-state index is 2.49. The highest BCUT2D eigenvalue weighted by Gasteiger charge is 2.79. The van der Waals surface area contributed by atoms with Crippen LogP contribution in [0, 0.1) is 0 Å². The fourth-order valence-electron chi connectivity index (χ4n) is 2.16. The minimum absolute atomic E-state index is 0.444. The minimum Gasteiger partial charge on any atom is -0.0964 e. The molecule has 0 bridgehead atoms. The number of rotatable bonds is 0. The Labute approximate surface area is 59.9 Å². The summed E-state index contributed by atoms with van der Waals surface area (Å²) >= 11 is 0. The van der Waals surface area contributed by atoms with E-state index in [9.17, 15) is 0 Å². The molecule has 0 aromatic rings. The summed E-state index contributed by atoms with van der Waals surface area (Å²) < 4.78 is 0. The predicted octanol–water partition coefficient (Wildman–Crippen LogP) is 2.71. The number of hydrogen-bond donors (Lipinski definition) is 0. The van der Waals surface area contributed by atoms with E-state index in [1.54, 1.807) is 6.16 Å². The van der Waals surface area contributed by atoms with Gasteiger partial charge in [-0.25, -0.2) is 0 Å². The highest BCUT2D eigenvalue weighted by molar-refractivity contribution is 7.92. The quantitative estimate of drug-likeness (QED) is 0.478. The summed E-state index contributed by atoms with van der Waals surface area (Å²) in [5.41, 5.74) is 0. The summed E-state index contributed by atoms with van der Waals surface area (Å²) in [7, 11) is 0.943. The molecule has 0 radical (unpaired) electrons. The van der Waals surface area contributed by atoms with Gasteiger partial charge < -0.3 is 0 Å². The van der Waals surface area contributed by atoms with Crippen molar-refractivity contribution >= 4 is 15.8 Å². The maximum Gasteiger partial charge on any atom is 0.0235 e. The molecular weight excluding hydrogens is 146 g/mol. The first-order valence-corrected chi connectivity index (χ1v) is 7.25. The van der Waals surface area contributed by atoms with Gasteiger partial charge in [-0.15, -0.1) is 0 Å². The van der Waals surface area contributed by atoms with E-state index in [1.807, 2.05) is 0 Å². The van der Waals surface area contributed by atoms with E-state index in [0.717, 1.165) is 10.1 Å². The van der Waals surface area contributed by atoms with Gasteiger partial charge in [0, 0.05) is 4.90 Å². The molecule has 0 aromatic heterocycles. The van der Waals surface area contributed by atoms with Crippen molar-refractivity contribution in [2.24, 2.45) is 0 Å². The van der Waals surface area contributed by atoms with Crippen molar-refractivity contribution in [1.29, 1.82) is 0 Å². The Balaban J connectivity index is 2.23. The molecule has 2 aliphatic heterocycles. The second-order valence-corrected chi connectivity index (χ2v) is 9.62. The molecule has 9 heavy (non-hydrogen) atoms. The molecule has 0 aliphatic carbocycles. The first kappa shape index (κ1) is 6.56. The van der Waals surface area contributed by atoms with Gasteiger partial charge in [-0.1, -0.05) is 29.7 Å². The summed E-state index contributed by atoms with van der Waals surface area (Å²) in [4.78, 5) is 0.942. The third kappa shape index (κ3) is 0.501. The van der Waals surface area contributed by atoms with Crippen LogP contribution >= 0.6 is 15.8 Å². The first-order valence-electron chi connectivity index (χ1n) is 3.49. The topological polar surface area (TPSA) is 0 Å². The van der Waals surface area contributed by atoms with Crippen molar-refractivity contribution in [3.05, 3.63) is 0 Å². The molecule has 2 heterocycles. The van der Waals surface area contributed by atoms with Crippen LogP contribution in [-0.4, -0.2) is 29.5 Å². The second-order valence-electron chi connectivity index (χ2n) is 3.79. The van der Waals surface area contributed by atoms with Gasteiger partial charge in [0.25, 0.3) is 0 Å². The highest BCUT2D eigenvalue weighted by atomic mass is 31.2. The molecule has 2 fully saturated rings. The third-order valence-electron chi connectivity index (χ3n) is 3.31. The Kier molecular flexibility index (Phi) is 1.01. The zero-order valence-electron chi connectivity index (χ0n) is 6.60. The lowest BCUT2D eigenvalue weighted by Gasteiger charge is -1.95. The smallest absolute Gasteiger partial charge is 0.0235 e. The molecule has 0 N–H and O–H groups in total. The van der Waals surface area contributed by atoms with Gasteiger partial charge in [-0.2, -0.15) is 0 Å². The Morgan fingerprint density at radius 2 is 1.56 bits per heavy atom. The molecule has 3 atom stereocenters. The normalized spacial score (nSPS) is 60.0. The van der Waals surface area contributed by atoms with Crippen molar-refractivity contribution in [2.75, 3.05) is 19.5 Å². The van der Waals surface area contributed by atoms with E-state index in [2.05, 4.69) is 27.2 Å². The van der Waals surface area contributed by atoms with Crippen LogP contribution in [0.25, 0.3) is 0 Å². The molecular formula is C7H14P2. The summed E-state index contributed by atoms with van der Waals surface area (Å²) in [5.74, 6) is 0. The van der Waals surface area contributed by atoms with Gasteiger partial charge in [-0.3, -0.25) is 0 Å². The maximum absolute atomic E-state index is 2.49. The molecule has 0 saturated carbocycles. The van der Waals surface area contributed by atoms with Gasteiger partial charge in [0.05, 0.1) is 0 Å². The average molecular weight is 160 g/mol. The van der Waals surface area contributed by atoms with Crippen LogP contribution in [0.4, 0.5) is 0 Å². The van der Waals surface area contributed by atoms with Crippen molar-refractivity contribution in [3.63, 3.8) is 0 Å². The van der Waals surface area contributed by atoms with Crippen LogP contribution in [0.1, 0.15) is 13.8 Å². The lowest BCUT2D eigenvalue weighted by molar-refractivity contribution is 0.807. The molecule has 2 heteroatoms. The van der Waals surface area contributed by atoms with E-state index in [-0.39, 0.29) is 0 Å². The SMILES string of the molecule is CP1CC12P(C)C2(C)C. The van der Waals surface area contributed by atoms with Crippen LogP contribution in [0.3, 0.4) is 0 Å². The highest BCUT2D eigenvalue weighted by Crippen LogP contribution is 3.01. The molecule has 0 amide bonds. The van der Waals surface area contributed by atoms with Gasteiger partial charge in [0.2, 0.25) is 0 Å². The van der Waals surface area contributed by atoms with Gasteiger partial charge in [-0.05, 0) is 24.6 Å². The minimum atomic E-state index is 0.444. The van der Waals surface area contributed by atoms with Crippen molar-refractivity contribution in [3.8, 4) is 0 Å². The number of hydrogen-bond acceptors (Lipinski definition) is 0. The Morgan fingerprint density at radius 1 is 1.22 bits per heavy atom. The molecule has 0 nitrogen and oxygen atoms in total. The van der Waals surface area contributed by atoms with Crippen molar-refractivity contribution in [1.82, 2.24) is 0 Å². The predicted molar refractivity (Wildman–Crippen MR) is 47.4 cm³/mol. The molecule has 52 valence electrons. The molecule has 0 aromatic carbocycles. The van der Waals surface area contributed by atoms with Gasteiger partial charge in [0.1, 0.15) is 0 Å². The summed E-state index contributed by atoms with van der Waals surface area (Å²) in [6, 6.07) is 0. The Morgan fingerprint density at radius 3 is 1.56 bits per heavy atom. The fraction of sp³-hybridized carbons (Fsp3) is 1.00. The van der Waals surface area contributed by atoms with Crippen LogP contribution in [0.5, 0.6) is 0 Å². The van der Waals surface area contributed by atoms with Crippen molar-refractivity contribution < 1.29 is 0 Å². The molecule has 2 aliphatic rings. The molecule has 3 unspecified atom stereocenters. The first-order chi connectivity index (χ1) is 4.03.